The minimum atomic E-state index is 0.441. The van der Waals surface area contributed by atoms with Gasteiger partial charge in [-0.05, 0) is 52.9 Å². The first-order valence-corrected chi connectivity index (χ1v) is 7.07. The van der Waals surface area contributed by atoms with E-state index in [1.807, 2.05) is 36.5 Å². The molecule has 0 aliphatic heterocycles. The molecule has 1 N–H and O–H groups in total. The summed E-state index contributed by atoms with van der Waals surface area (Å²) in [5.41, 5.74) is 3.33. The van der Waals surface area contributed by atoms with Gasteiger partial charge in [0.2, 0.25) is 0 Å². The zero-order valence-electron chi connectivity index (χ0n) is 10.9. The molecule has 0 bridgehead atoms. The lowest BCUT2D eigenvalue weighted by Gasteiger charge is -2.02. The maximum absolute atomic E-state index is 9.37. The van der Waals surface area contributed by atoms with Crippen LogP contribution < -0.4 is 0 Å². The molecule has 3 aromatic rings. The van der Waals surface area contributed by atoms with Gasteiger partial charge in [0.1, 0.15) is 0 Å². The minimum Gasteiger partial charge on any atom is -0.361 e. The van der Waals surface area contributed by atoms with E-state index in [1.54, 1.807) is 18.2 Å². The number of nitrogens with zero attached hydrogens (tertiary/aromatic N) is 1. The van der Waals surface area contributed by atoms with Crippen LogP contribution in [-0.4, -0.2) is 4.98 Å². The van der Waals surface area contributed by atoms with Gasteiger partial charge in [-0.3, -0.25) is 0 Å². The number of hydrogen-bond acceptors (Lipinski definition) is 1. The quantitative estimate of drug-likeness (QED) is 0.490. The summed E-state index contributed by atoms with van der Waals surface area (Å²) in [5, 5.41) is 11.4. The molecule has 4 heteroatoms. The Kier molecular flexibility index (Phi) is 3.70. The van der Waals surface area contributed by atoms with Crippen molar-refractivity contribution >= 4 is 45.8 Å². The Morgan fingerprint density at radius 3 is 2.67 bits per heavy atom. The molecular weight excluding hydrogens is 303 g/mol. The van der Waals surface area contributed by atoms with Gasteiger partial charge in [-0.2, -0.15) is 5.26 Å². The Labute approximate surface area is 132 Å². The number of halogens is 2. The predicted molar refractivity (Wildman–Crippen MR) is 88.2 cm³/mol. The lowest BCUT2D eigenvalue weighted by Crippen LogP contribution is -1.83. The number of fused-ring (bicyclic) bond motifs is 1. The van der Waals surface area contributed by atoms with E-state index in [0.717, 1.165) is 22.0 Å². The summed E-state index contributed by atoms with van der Waals surface area (Å²) >= 11 is 11.9. The van der Waals surface area contributed by atoms with Crippen LogP contribution in [0, 0.1) is 11.3 Å². The van der Waals surface area contributed by atoms with Gasteiger partial charge in [-0.1, -0.05) is 35.3 Å². The predicted octanol–water partition coefficient (Wildman–Crippen LogP) is 5.54. The monoisotopic (exact) mass is 312 g/mol. The van der Waals surface area contributed by atoms with Crippen molar-refractivity contribution in [1.82, 2.24) is 4.98 Å². The Balaban J connectivity index is 2.05. The topological polar surface area (TPSA) is 39.6 Å². The van der Waals surface area contributed by atoms with Crippen molar-refractivity contribution in [2.75, 3.05) is 0 Å². The first-order chi connectivity index (χ1) is 10.2. The highest BCUT2D eigenvalue weighted by atomic mass is 35.5. The Hall–Kier alpha value is -2.21. The van der Waals surface area contributed by atoms with Crippen molar-refractivity contribution in [1.29, 1.82) is 5.26 Å². The number of rotatable bonds is 2. The third-order valence-corrected chi connectivity index (χ3v) is 3.98. The summed E-state index contributed by atoms with van der Waals surface area (Å²) in [6.07, 6.45) is 3.73. The molecule has 0 unspecified atom stereocenters. The maximum Gasteiger partial charge on any atom is 0.0998 e. The normalized spacial score (nSPS) is 11.6. The van der Waals surface area contributed by atoms with E-state index in [4.69, 9.17) is 23.2 Å². The molecule has 0 spiro atoms. The van der Waals surface area contributed by atoms with Crippen LogP contribution in [-0.2, 0) is 0 Å². The minimum absolute atomic E-state index is 0.441. The summed E-state index contributed by atoms with van der Waals surface area (Å²) in [7, 11) is 0. The number of nitriles is 1. The van der Waals surface area contributed by atoms with Gasteiger partial charge in [0.15, 0.2) is 0 Å². The molecule has 0 saturated heterocycles. The van der Waals surface area contributed by atoms with Crippen LogP contribution in [0.1, 0.15) is 11.1 Å². The molecule has 0 atom stereocenters. The van der Waals surface area contributed by atoms with E-state index in [0.29, 0.717) is 15.6 Å². The second-order valence-corrected chi connectivity index (χ2v) is 5.44. The molecule has 1 heterocycles. The summed E-state index contributed by atoms with van der Waals surface area (Å²) < 4.78 is 0. The molecule has 3 rings (SSSR count). The molecular formula is C17H10Cl2N2. The van der Waals surface area contributed by atoms with Crippen molar-refractivity contribution in [3.63, 3.8) is 0 Å². The Bertz CT molecular complexity index is 885. The second kappa shape index (κ2) is 5.65. The molecule has 0 aliphatic carbocycles. The Morgan fingerprint density at radius 2 is 1.90 bits per heavy atom. The van der Waals surface area contributed by atoms with E-state index < -0.39 is 0 Å². The highest BCUT2D eigenvalue weighted by Crippen LogP contribution is 2.27. The van der Waals surface area contributed by atoms with E-state index in [1.165, 1.54) is 0 Å². The number of nitrogens with one attached hydrogen (secondary N) is 1. The molecule has 0 radical (unpaired) electrons. The summed E-state index contributed by atoms with van der Waals surface area (Å²) in [6, 6.07) is 15.4. The molecule has 0 fully saturated rings. The summed E-state index contributed by atoms with van der Waals surface area (Å²) in [4.78, 5) is 3.14. The van der Waals surface area contributed by atoms with Crippen molar-refractivity contribution in [2.45, 2.75) is 0 Å². The van der Waals surface area contributed by atoms with Gasteiger partial charge in [-0.15, -0.1) is 0 Å². The van der Waals surface area contributed by atoms with Crippen LogP contribution in [0.25, 0.3) is 22.6 Å². The fourth-order valence-corrected chi connectivity index (χ4v) is 2.47. The van der Waals surface area contributed by atoms with E-state index in [-0.39, 0.29) is 0 Å². The van der Waals surface area contributed by atoms with Crippen molar-refractivity contribution in [3.05, 3.63) is 69.8 Å². The average molecular weight is 313 g/mol. The Morgan fingerprint density at radius 1 is 1.05 bits per heavy atom. The lowest BCUT2D eigenvalue weighted by atomic mass is 10.0. The molecule has 2 nitrogen and oxygen atoms in total. The molecule has 2 aromatic carbocycles. The van der Waals surface area contributed by atoms with Crippen molar-refractivity contribution < 1.29 is 0 Å². The smallest absolute Gasteiger partial charge is 0.0998 e. The second-order valence-electron chi connectivity index (χ2n) is 4.62. The fraction of sp³-hybridized carbons (Fsp3) is 0. The number of H-pyrrole nitrogens is 1. The highest BCUT2D eigenvalue weighted by Gasteiger charge is 2.05. The zero-order valence-corrected chi connectivity index (χ0v) is 12.4. The van der Waals surface area contributed by atoms with Gasteiger partial charge in [0, 0.05) is 11.7 Å². The summed E-state index contributed by atoms with van der Waals surface area (Å²) in [6.45, 7) is 0. The number of allylic oxidation sites excluding steroid dienone is 1. The molecule has 1 aromatic heterocycles. The van der Waals surface area contributed by atoms with Gasteiger partial charge in [0.25, 0.3) is 0 Å². The first-order valence-electron chi connectivity index (χ1n) is 6.32. The molecule has 0 aliphatic rings. The first kappa shape index (κ1) is 13.8. The molecule has 0 amide bonds. The summed E-state index contributed by atoms with van der Waals surface area (Å²) in [5.74, 6) is 0. The van der Waals surface area contributed by atoms with Crippen molar-refractivity contribution in [3.8, 4) is 6.07 Å². The van der Waals surface area contributed by atoms with E-state index in [2.05, 4.69) is 11.1 Å². The maximum atomic E-state index is 9.37. The third kappa shape index (κ3) is 2.80. The number of hydrogen-bond donors (Lipinski definition) is 1. The fourth-order valence-electron chi connectivity index (χ4n) is 2.17. The number of benzene rings is 2. The van der Waals surface area contributed by atoms with Gasteiger partial charge in [0.05, 0.1) is 21.7 Å². The van der Waals surface area contributed by atoms with E-state index >= 15 is 0 Å². The number of aromatic amines is 1. The molecule has 0 saturated carbocycles. The van der Waals surface area contributed by atoms with E-state index in [9.17, 15) is 5.26 Å². The molecule has 102 valence electrons. The van der Waals surface area contributed by atoms with Gasteiger partial charge < -0.3 is 4.98 Å². The van der Waals surface area contributed by atoms with Gasteiger partial charge >= 0.3 is 0 Å². The van der Waals surface area contributed by atoms with Crippen molar-refractivity contribution in [2.24, 2.45) is 0 Å². The molecule has 21 heavy (non-hydrogen) atoms. The number of aromatic nitrogens is 1. The average Bonchev–Trinajstić information content (AvgIpc) is 2.95. The van der Waals surface area contributed by atoms with Crippen LogP contribution in [0.4, 0.5) is 0 Å². The highest BCUT2D eigenvalue weighted by molar-refractivity contribution is 6.42. The largest absolute Gasteiger partial charge is 0.361 e. The third-order valence-electron chi connectivity index (χ3n) is 3.24. The van der Waals surface area contributed by atoms with Crippen LogP contribution in [0.2, 0.25) is 10.0 Å². The van der Waals surface area contributed by atoms with Crippen LogP contribution in [0.3, 0.4) is 0 Å². The standard InChI is InChI=1S/C17H10Cl2N2/c18-15-3-2-12(9-16(15)19)14(10-20)8-11-1-4-17-13(7-11)5-6-21-17/h1-9,21H/b14-8+. The van der Waals surface area contributed by atoms with Crippen LogP contribution >= 0.6 is 23.2 Å². The lowest BCUT2D eigenvalue weighted by molar-refractivity contribution is 1.48. The SMILES string of the molecule is N#C/C(=C\c1ccc2[nH]ccc2c1)c1ccc(Cl)c(Cl)c1. The zero-order chi connectivity index (χ0) is 14.8. The van der Waals surface area contributed by atoms with Crippen LogP contribution in [0.5, 0.6) is 0 Å². The van der Waals surface area contributed by atoms with Gasteiger partial charge in [-0.25, -0.2) is 0 Å². The van der Waals surface area contributed by atoms with Crippen LogP contribution in [0.15, 0.2) is 48.7 Å².